The Kier molecular flexibility index (Phi) is 2.10. The molecule has 0 spiro atoms. The molecule has 0 amide bonds. The van der Waals surface area contributed by atoms with Gasteiger partial charge in [0.1, 0.15) is 0 Å². The molecular formula is C10H10N4. The molecule has 0 unspecified atom stereocenters. The number of benzene rings is 1. The van der Waals surface area contributed by atoms with Crippen LogP contribution < -0.4 is 5.73 Å². The zero-order valence-electron chi connectivity index (χ0n) is 7.81. The fourth-order valence-electron chi connectivity index (χ4n) is 1.25. The van der Waals surface area contributed by atoms with E-state index in [1.54, 1.807) is 12.4 Å². The molecule has 0 bridgehead atoms. The monoisotopic (exact) mass is 186 g/mol. The molecule has 1 aromatic carbocycles. The maximum Gasteiger partial charge on any atom is 0.182 e. The zero-order chi connectivity index (χ0) is 9.97. The summed E-state index contributed by atoms with van der Waals surface area (Å²) in [7, 11) is 0. The van der Waals surface area contributed by atoms with Gasteiger partial charge in [-0.3, -0.25) is 0 Å². The van der Waals surface area contributed by atoms with E-state index in [9.17, 15) is 0 Å². The highest BCUT2D eigenvalue weighted by Crippen LogP contribution is 2.21. The van der Waals surface area contributed by atoms with Crippen LogP contribution in [0.3, 0.4) is 0 Å². The first kappa shape index (κ1) is 8.62. The Morgan fingerprint density at radius 2 is 2.07 bits per heavy atom. The maximum absolute atomic E-state index is 5.69. The molecule has 70 valence electrons. The van der Waals surface area contributed by atoms with Gasteiger partial charge in [-0.05, 0) is 24.6 Å². The molecule has 4 heteroatoms. The standard InChI is InChI=1S/C10H10N4/c1-7-2-3-8(11)6-9(7)10-12-4-5-13-14-10/h2-6H,11H2,1H3. The molecule has 4 nitrogen and oxygen atoms in total. The number of aryl methyl sites for hydroxylation is 1. The molecule has 14 heavy (non-hydrogen) atoms. The predicted molar refractivity (Wildman–Crippen MR) is 54.4 cm³/mol. The quantitative estimate of drug-likeness (QED) is 0.684. The topological polar surface area (TPSA) is 64.7 Å². The van der Waals surface area contributed by atoms with E-state index >= 15 is 0 Å². The van der Waals surface area contributed by atoms with Crippen molar-refractivity contribution in [2.24, 2.45) is 0 Å². The minimum absolute atomic E-state index is 0.609. The summed E-state index contributed by atoms with van der Waals surface area (Å²) in [4.78, 5) is 4.12. The number of nitrogens with zero attached hydrogens (tertiary/aromatic N) is 3. The van der Waals surface area contributed by atoms with Gasteiger partial charge in [0, 0.05) is 17.4 Å². The van der Waals surface area contributed by atoms with Crippen LogP contribution in [0, 0.1) is 6.92 Å². The van der Waals surface area contributed by atoms with E-state index < -0.39 is 0 Å². The summed E-state index contributed by atoms with van der Waals surface area (Å²) in [6.07, 6.45) is 3.16. The van der Waals surface area contributed by atoms with Crippen LogP contribution in [0.15, 0.2) is 30.6 Å². The Morgan fingerprint density at radius 1 is 1.21 bits per heavy atom. The lowest BCUT2D eigenvalue weighted by Crippen LogP contribution is -1.94. The van der Waals surface area contributed by atoms with Crippen molar-refractivity contribution in [3.63, 3.8) is 0 Å². The smallest absolute Gasteiger partial charge is 0.182 e. The summed E-state index contributed by atoms with van der Waals surface area (Å²) in [5, 5.41) is 7.71. The van der Waals surface area contributed by atoms with E-state index in [0.717, 1.165) is 11.1 Å². The van der Waals surface area contributed by atoms with Gasteiger partial charge in [-0.1, -0.05) is 6.07 Å². The number of hydrogen-bond donors (Lipinski definition) is 1. The first-order chi connectivity index (χ1) is 6.77. The summed E-state index contributed by atoms with van der Waals surface area (Å²) in [6, 6.07) is 5.66. The van der Waals surface area contributed by atoms with Crippen LogP contribution >= 0.6 is 0 Å². The van der Waals surface area contributed by atoms with Crippen molar-refractivity contribution in [1.29, 1.82) is 0 Å². The van der Waals surface area contributed by atoms with E-state index in [4.69, 9.17) is 5.73 Å². The van der Waals surface area contributed by atoms with Gasteiger partial charge >= 0.3 is 0 Å². The maximum atomic E-state index is 5.69. The van der Waals surface area contributed by atoms with Crippen LogP contribution in [-0.4, -0.2) is 15.2 Å². The minimum Gasteiger partial charge on any atom is -0.399 e. The second-order valence-electron chi connectivity index (χ2n) is 3.04. The van der Waals surface area contributed by atoms with Gasteiger partial charge in [0.15, 0.2) is 5.82 Å². The molecule has 0 atom stereocenters. The second-order valence-corrected chi connectivity index (χ2v) is 3.04. The van der Waals surface area contributed by atoms with Gasteiger partial charge in [-0.2, -0.15) is 5.10 Å². The van der Waals surface area contributed by atoms with Crippen molar-refractivity contribution in [3.8, 4) is 11.4 Å². The highest BCUT2D eigenvalue weighted by Gasteiger charge is 2.04. The van der Waals surface area contributed by atoms with Crippen molar-refractivity contribution in [2.45, 2.75) is 6.92 Å². The summed E-state index contributed by atoms with van der Waals surface area (Å²) >= 11 is 0. The fourth-order valence-corrected chi connectivity index (χ4v) is 1.25. The third-order valence-corrected chi connectivity index (χ3v) is 1.99. The van der Waals surface area contributed by atoms with Crippen molar-refractivity contribution >= 4 is 5.69 Å². The SMILES string of the molecule is Cc1ccc(N)cc1-c1nccnn1. The van der Waals surface area contributed by atoms with Gasteiger partial charge in [0.05, 0.1) is 6.20 Å². The zero-order valence-corrected chi connectivity index (χ0v) is 7.81. The predicted octanol–water partition coefficient (Wildman–Crippen LogP) is 1.43. The second kappa shape index (κ2) is 3.41. The molecule has 2 aromatic rings. The van der Waals surface area contributed by atoms with E-state index in [1.165, 1.54) is 0 Å². The average Bonchev–Trinajstić information content (AvgIpc) is 2.23. The third kappa shape index (κ3) is 1.54. The van der Waals surface area contributed by atoms with Crippen molar-refractivity contribution < 1.29 is 0 Å². The van der Waals surface area contributed by atoms with Crippen LogP contribution in [0.2, 0.25) is 0 Å². The van der Waals surface area contributed by atoms with E-state index in [1.807, 2.05) is 25.1 Å². The van der Waals surface area contributed by atoms with Crippen LogP contribution in [-0.2, 0) is 0 Å². The summed E-state index contributed by atoms with van der Waals surface area (Å²) in [6.45, 7) is 1.99. The summed E-state index contributed by atoms with van der Waals surface area (Å²) in [5.74, 6) is 0.609. The molecule has 1 heterocycles. The van der Waals surface area contributed by atoms with Crippen molar-refractivity contribution in [1.82, 2.24) is 15.2 Å². The molecule has 0 radical (unpaired) electrons. The fraction of sp³-hybridized carbons (Fsp3) is 0.100. The Morgan fingerprint density at radius 3 is 2.79 bits per heavy atom. The summed E-state index contributed by atoms with van der Waals surface area (Å²) in [5.41, 5.74) is 8.41. The highest BCUT2D eigenvalue weighted by molar-refractivity contribution is 5.64. The number of hydrogen-bond acceptors (Lipinski definition) is 4. The molecule has 2 N–H and O–H groups in total. The van der Waals surface area contributed by atoms with Crippen molar-refractivity contribution in [2.75, 3.05) is 5.73 Å². The number of rotatable bonds is 1. The third-order valence-electron chi connectivity index (χ3n) is 1.99. The molecule has 0 aliphatic carbocycles. The van der Waals surface area contributed by atoms with Crippen LogP contribution in [0.25, 0.3) is 11.4 Å². The lowest BCUT2D eigenvalue weighted by molar-refractivity contribution is 0.978. The number of aromatic nitrogens is 3. The molecule has 0 aliphatic heterocycles. The van der Waals surface area contributed by atoms with Gasteiger partial charge in [-0.25, -0.2) is 4.98 Å². The number of nitrogens with two attached hydrogens (primary N) is 1. The van der Waals surface area contributed by atoms with Gasteiger partial charge < -0.3 is 5.73 Å². The Bertz CT molecular complexity index is 439. The molecule has 0 saturated carbocycles. The Labute approximate surface area is 81.8 Å². The van der Waals surface area contributed by atoms with Crippen LogP contribution in [0.4, 0.5) is 5.69 Å². The first-order valence-corrected chi connectivity index (χ1v) is 4.27. The average molecular weight is 186 g/mol. The molecule has 2 rings (SSSR count). The minimum atomic E-state index is 0.609. The van der Waals surface area contributed by atoms with Crippen LogP contribution in [0.1, 0.15) is 5.56 Å². The molecule has 0 fully saturated rings. The highest BCUT2D eigenvalue weighted by atomic mass is 15.1. The van der Waals surface area contributed by atoms with Gasteiger partial charge in [0.2, 0.25) is 0 Å². The normalized spacial score (nSPS) is 10.1. The van der Waals surface area contributed by atoms with Gasteiger partial charge in [0.25, 0.3) is 0 Å². The van der Waals surface area contributed by atoms with E-state index in [-0.39, 0.29) is 0 Å². The van der Waals surface area contributed by atoms with E-state index in [0.29, 0.717) is 11.5 Å². The first-order valence-electron chi connectivity index (χ1n) is 4.27. The Balaban J connectivity index is 2.57. The lowest BCUT2D eigenvalue weighted by atomic mass is 10.1. The van der Waals surface area contributed by atoms with E-state index in [2.05, 4.69) is 15.2 Å². The molecule has 0 aliphatic rings. The molecule has 0 saturated heterocycles. The molecule has 1 aromatic heterocycles. The lowest BCUT2D eigenvalue weighted by Gasteiger charge is -2.03. The summed E-state index contributed by atoms with van der Waals surface area (Å²) < 4.78 is 0. The Hall–Kier alpha value is -1.97. The number of anilines is 1. The van der Waals surface area contributed by atoms with Crippen molar-refractivity contribution in [3.05, 3.63) is 36.2 Å². The van der Waals surface area contributed by atoms with Gasteiger partial charge in [-0.15, -0.1) is 5.10 Å². The largest absolute Gasteiger partial charge is 0.399 e. The van der Waals surface area contributed by atoms with Crippen LogP contribution in [0.5, 0.6) is 0 Å². The molecular weight excluding hydrogens is 176 g/mol. The number of nitrogen functional groups attached to an aromatic ring is 1.